The molecule has 0 unspecified atom stereocenters. The van der Waals surface area contributed by atoms with Crippen molar-refractivity contribution in [2.75, 3.05) is 6.54 Å². The Bertz CT molecular complexity index is 328. The first-order valence-electron chi connectivity index (χ1n) is 4.92. The summed E-state index contributed by atoms with van der Waals surface area (Å²) in [7, 11) is 0. The Morgan fingerprint density at radius 3 is 2.80 bits per heavy atom. The molecule has 3 nitrogen and oxygen atoms in total. The number of halogens is 1. The Morgan fingerprint density at radius 2 is 2.13 bits per heavy atom. The second-order valence-corrected chi connectivity index (χ2v) is 3.34. The van der Waals surface area contributed by atoms with Crippen LogP contribution in [0.3, 0.4) is 0 Å². The Balaban J connectivity index is 2.21. The smallest absolute Gasteiger partial charge is 0.217 e. The monoisotopic (exact) mass is 210 g/mol. The highest BCUT2D eigenvalue weighted by Crippen LogP contribution is 2.05. The lowest BCUT2D eigenvalue weighted by molar-refractivity contribution is -0.118. The minimum absolute atomic E-state index is 0.208. The van der Waals surface area contributed by atoms with E-state index < -0.39 is 0 Å². The number of rotatable bonds is 6. The van der Waals surface area contributed by atoms with E-state index in [1.165, 1.54) is 6.07 Å². The largest absolute Gasteiger partial charge is 0.370 e. The van der Waals surface area contributed by atoms with Crippen LogP contribution in [0.15, 0.2) is 24.3 Å². The molecule has 0 saturated heterocycles. The molecule has 0 atom stereocenters. The van der Waals surface area contributed by atoms with Gasteiger partial charge in [0.25, 0.3) is 0 Å². The fourth-order valence-corrected chi connectivity index (χ4v) is 1.25. The number of nitrogens with one attached hydrogen (secondary N) is 1. The highest BCUT2D eigenvalue weighted by atomic mass is 19.1. The topological polar surface area (TPSA) is 55.1 Å². The predicted molar refractivity (Wildman–Crippen MR) is 56.5 cm³/mol. The zero-order valence-electron chi connectivity index (χ0n) is 8.50. The van der Waals surface area contributed by atoms with Crippen LogP contribution >= 0.6 is 0 Å². The third-order valence-corrected chi connectivity index (χ3v) is 2.05. The number of hydrogen-bond donors (Lipinski definition) is 2. The molecule has 0 heterocycles. The lowest BCUT2D eigenvalue weighted by atomic mass is 10.2. The van der Waals surface area contributed by atoms with Gasteiger partial charge in [-0.25, -0.2) is 4.39 Å². The van der Waals surface area contributed by atoms with Crippen LogP contribution in [-0.4, -0.2) is 12.5 Å². The number of primary amides is 1. The average Bonchev–Trinajstić information content (AvgIpc) is 2.20. The third kappa shape index (κ3) is 4.56. The van der Waals surface area contributed by atoms with Crippen LogP contribution in [0, 0.1) is 5.82 Å². The van der Waals surface area contributed by atoms with Gasteiger partial charge in [0.1, 0.15) is 5.82 Å². The maximum atomic E-state index is 13.1. The number of nitrogens with two attached hydrogens (primary N) is 1. The molecule has 0 spiro atoms. The summed E-state index contributed by atoms with van der Waals surface area (Å²) in [5.41, 5.74) is 5.62. The summed E-state index contributed by atoms with van der Waals surface area (Å²) in [6.07, 6.45) is 1.05. The van der Waals surface area contributed by atoms with Crippen molar-refractivity contribution in [3.05, 3.63) is 35.6 Å². The number of carbonyl (C=O) groups excluding carboxylic acids is 1. The SMILES string of the molecule is NC(=O)CCCNCc1ccccc1F. The van der Waals surface area contributed by atoms with Gasteiger partial charge in [-0.3, -0.25) is 4.79 Å². The fourth-order valence-electron chi connectivity index (χ4n) is 1.25. The number of amides is 1. The first kappa shape index (κ1) is 11.7. The molecule has 0 aliphatic rings. The summed E-state index contributed by atoms with van der Waals surface area (Å²) in [5.74, 6) is -0.511. The lowest BCUT2D eigenvalue weighted by Gasteiger charge is -2.04. The first-order valence-corrected chi connectivity index (χ1v) is 4.92. The molecule has 0 saturated carbocycles. The van der Waals surface area contributed by atoms with Gasteiger partial charge in [0, 0.05) is 18.5 Å². The van der Waals surface area contributed by atoms with Crippen LogP contribution < -0.4 is 11.1 Å². The molecular weight excluding hydrogens is 195 g/mol. The number of benzene rings is 1. The lowest BCUT2D eigenvalue weighted by Crippen LogP contribution is -2.18. The molecule has 0 fully saturated rings. The molecule has 0 radical (unpaired) electrons. The van der Waals surface area contributed by atoms with E-state index in [1.807, 2.05) is 0 Å². The van der Waals surface area contributed by atoms with Crippen molar-refractivity contribution in [2.45, 2.75) is 19.4 Å². The molecule has 0 bridgehead atoms. The molecular formula is C11H15FN2O. The van der Waals surface area contributed by atoms with Crippen molar-refractivity contribution in [3.8, 4) is 0 Å². The van der Waals surface area contributed by atoms with E-state index in [-0.39, 0.29) is 11.7 Å². The van der Waals surface area contributed by atoms with Gasteiger partial charge in [-0.15, -0.1) is 0 Å². The second kappa shape index (κ2) is 6.14. The number of carbonyl (C=O) groups is 1. The molecule has 1 amide bonds. The quantitative estimate of drug-likeness (QED) is 0.693. The molecule has 82 valence electrons. The van der Waals surface area contributed by atoms with Crippen molar-refractivity contribution in [1.29, 1.82) is 0 Å². The van der Waals surface area contributed by atoms with Gasteiger partial charge in [-0.2, -0.15) is 0 Å². The molecule has 0 aliphatic carbocycles. The normalized spacial score (nSPS) is 10.2. The van der Waals surface area contributed by atoms with E-state index in [0.29, 0.717) is 31.5 Å². The molecule has 1 aromatic rings. The molecule has 0 aliphatic heterocycles. The Morgan fingerprint density at radius 1 is 1.40 bits per heavy atom. The van der Waals surface area contributed by atoms with E-state index >= 15 is 0 Å². The van der Waals surface area contributed by atoms with Crippen LogP contribution in [-0.2, 0) is 11.3 Å². The number of hydrogen-bond acceptors (Lipinski definition) is 2. The summed E-state index contributed by atoms with van der Waals surface area (Å²) in [6.45, 7) is 1.14. The van der Waals surface area contributed by atoms with Crippen LogP contribution in [0.1, 0.15) is 18.4 Å². The zero-order valence-corrected chi connectivity index (χ0v) is 8.50. The van der Waals surface area contributed by atoms with Crippen molar-refractivity contribution in [2.24, 2.45) is 5.73 Å². The minimum Gasteiger partial charge on any atom is -0.370 e. The Kier molecular flexibility index (Phi) is 4.77. The maximum Gasteiger partial charge on any atom is 0.217 e. The van der Waals surface area contributed by atoms with Gasteiger partial charge >= 0.3 is 0 Å². The third-order valence-electron chi connectivity index (χ3n) is 2.05. The summed E-state index contributed by atoms with van der Waals surface area (Å²) in [6, 6.07) is 6.62. The van der Waals surface area contributed by atoms with Crippen LogP contribution in [0.5, 0.6) is 0 Å². The van der Waals surface area contributed by atoms with Gasteiger partial charge in [0.15, 0.2) is 0 Å². The Hall–Kier alpha value is -1.42. The van der Waals surface area contributed by atoms with Crippen LogP contribution in [0.25, 0.3) is 0 Å². The summed E-state index contributed by atoms with van der Waals surface area (Å²) < 4.78 is 13.1. The minimum atomic E-state index is -0.303. The van der Waals surface area contributed by atoms with Crippen molar-refractivity contribution < 1.29 is 9.18 Å². The van der Waals surface area contributed by atoms with Gasteiger partial charge in [-0.05, 0) is 19.0 Å². The maximum absolute atomic E-state index is 13.1. The van der Waals surface area contributed by atoms with E-state index in [4.69, 9.17) is 5.73 Å². The standard InChI is InChI=1S/C11H15FN2O/c12-10-5-2-1-4-9(10)8-14-7-3-6-11(13)15/h1-2,4-5,14H,3,6-8H2,(H2,13,15). The summed E-state index contributed by atoms with van der Waals surface area (Å²) >= 11 is 0. The molecule has 1 rings (SSSR count). The van der Waals surface area contributed by atoms with Crippen molar-refractivity contribution in [3.63, 3.8) is 0 Å². The predicted octanol–water partition coefficient (Wildman–Crippen LogP) is 1.18. The second-order valence-electron chi connectivity index (χ2n) is 3.34. The van der Waals surface area contributed by atoms with Crippen LogP contribution in [0.2, 0.25) is 0 Å². The van der Waals surface area contributed by atoms with Crippen LogP contribution in [0.4, 0.5) is 4.39 Å². The van der Waals surface area contributed by atoms with Crippen molar-refractivity contribution in [1.82, 2.24) is 5.32 Å². The molecule has 0 aromatic heterocycles. The molecule has 4 heteroatoms. The van der Waals surface area contributed by atoms with Gasteiger partial charge in [-0.1, -0.05) is 18.2 Å². The molecule has 15 heavy (non-hydrogen) atoms. The van der Waals surface area contributed by atoms with Crippen molar-refractivity contribution >= 4 is 5.91 Å². The summed E-state index contributed by atoms with van der Waals surface area (Å²) in [5, 5.41) is 3.05. The molecule has 3 N–H and O–H groups in total. The first-order chi connectivity index (χ1) is 7.20. The van der Waals surface area contributed by atoms with Gasteiger partial charge in [0.05, 0.1) is 0 Å². The average molecular weight is 210 g/mol. The van der Waals surface area contributed by atoms with E-state index in [2.05, 4.69) is 5.32 Å². The fraction of sp³-hybridized carbons (Fsp3) is 0.364. The molecule has 1 aromatic carbocycles. The summed E-state index contributed by atoms with van der Waals surface area (Å²) in [4.78, 5) is 10.4. The highest BCUT2D eigenvalue weighted by molar-refractivity contribution is 5.73. The van der Waals surface area contributed by atoms with E-state index in [1.54, 1.807) is 18.2 Å². The zero-order chi connectivity index (χ0) is 11.1. The highest BCUT2D eigenvalue weighted by Gasteiger charge is 1.99. The van der Waals surface area contributed by atoms with E-state index in [9.17, 15) is 9.18 Å². The van der Waals surface area contributed by atoms with Gasteiger partial charge in [0.2, 0.25) is 5.91 Å². The van der Waals surface area contributed by atoms with E-state index in [0.717, 1.165) is 0 Å². The Labute approximate surface area is 88.5 Å². The van der Waals surface area contributed by atoms with Gasteiger partial charge < -0.3 is 11.1 Å².